The van der Waals surface area contributed by atoms with Crippen molar-refractivity contribution in [1.29, 1.82) is 0 Å². The molecule has 2 aromatic heterocycles. The van der Waals surface area contributed by atoms with Crippen molar-refractivity contribution >= 4 is 17.2 Å². The molecule has 134 valence electrons. The van der Waals surface area contributed by atoms with Gasteiger partial charge in [-0.05, 0) is 49.8 Å². The van der Waals surface area contributed by atoms with Crippen molar-refractivity contribution in [2.24, 2.45) is 0 Å². The summed E-state index contributed by atoms with van der Waals surface area (Å²) >= 11 is 1.71. The van der Waals surface area contributed by atoms with Crippen LogP contribution in [0.25, 0.3) is 0 Å². The molecule has 0 N–H and O–H groups in total. The molecule has 1 aliphatic carbocycles. The van der Waals surface area contributed by atoms with Crippen LogP contribution in [0.1, 0.15) is 45.8 Å². The number of thiophene rings is 1. The highest BCUT2D eigenvalue weighted by Gasteiger charge is 2.26. The largest absolute Gasteiger partial charge is 0.374 e. The maximum absolute atomic E-state index is 13.1. The maximum atomic E-state index is 13.1. The molecule has 1 aliphatic heterocycles. The molecule has 2 aliphatic rings. The van der Waals surface area contributed by atoms with Crippen LogP contribution < -0.4 is 0 Å². The van der Waals surface area contributed by atoms with Gasteiger partial charge in [0.1, 0.15) is 0 Å². The van der Waals surface area contributed by atoms with Crippen LogP contribution in [0, 0.1) is 0 Å². The van der Waals surface area contributed by atoms with E-state index < -0.39 is 0 Å². The summed E-state index contributed by atoms with van der Waals surface area (Å²) in [5.74, 6) is 0.175. The van der Waals surface area contributed by atoms with Gasteiger partial charge in [-0.3, -0.25) is 9.48 Å². The average molecular weight is 359 g/mol. The molecule has 1 atom stereocenters. The summed E-state index contributed by atoms with van der Waals surface area (Å²) in [5.41, 5.74) is 1.41. The number of ether oxygens (including phenoxy) is 1. The lowest BCUT2D eigenvalue weighted by molar-refractivity contribution is 0.0368. The first-order valence-corrected chi connectivity index (χ1v) is 10.1. The summed E-state index contributed by atoms with van der Waals surface area (Å²) < 4.78 is 7.82. The standard InChI is InChI=1S/C19H25N3O2S/c23-19(18-12-15-6-2-1-3-7-17(15)25-18)21-9-5-11-24-16(13-21)14-22-10-4-8-20-22/h4,8,10,12,16H,1-3,5-7,9,11,13-14H2. The molecule has 5 nitrogen and oxygen atoms in total. The lowest BCUT2D eigenvalue weighted by Gasteiger charge is -2.23. The van der Waals surface area contributed by atoms with Gasteiger partial charge < -0.3 is 9.64 Å². The van der Waals surface area contributed by atoms with Crippen LogP contribution in [0.15, 0.2) is 24.5 Å². The third-order valence-corrected chi connectivity index (χ3v) is 6.27. The Kier molecular flexibility index (Phi) is 5.17. The molecule has 0 saturated carbocycles. The van der Waals surface area contributed by atoms with Crippen molar-refractivity contribution in [2.45, 2.75) is 51.2 Å². The SMILES string of the molecule is O=C(c1cc2c(s1)CCCCC2)N1CCCOC(Cn2cccn2)C1. The number of carbonyl (C=O) groups excluding carboxylic acids is 1. The minimum absolute atomic E-state index is 0.00383. The van der Waals surface area contributed by atoms with E-state index in [1.807, 2.05) is 21.8 Å². The Morgan fingerprint density at radius 2 is 2.20 bits per heavy atom. The van der Waals surface area contributed by atoms with E-state index in [-0.39, 0.29) is 12.0 Å². The van der Waals surface area contributed by atoms with Crippen LogP contribution in [-0.4, -0.2) is 46.4 Å². The molecule has 25 heavy (non-hydrogen) atoms. The van der Waals surface area contributed by atoms with Gasteiger partial charge in [0.05, 0.1) is 17.5 Å². The second kappa shape index (κ2) is 7.70. The zero-order valence-corrected chi connectivity index (χ0v) is 15.3. The molecule has 1 fully saturated rings. The summed E-state index contributed by atoms with van der Waals surface area (Å²) in [5, 5.41) is 4.26. The van der Waals surface area contributed by atoms with Crippen LogP contribution in [0.4, 0.5) is 0 Å². The van der Waals surface area contributed by atoms with E-state index >= 15 is 0 Å². The van der Waals surface area contributed by atoms with Crippen LogP contribution >= 0.6 is 11.3 Å². The molecule has 0 bridgehead atoms. The topological polar surface area (TPSA) is 47.4 Å². The quantitative estimate of drug-likeness (QED) is 0.791. The molecule has 1 amide bonds. The maximum Gasteiger partial charge on any atom is 0.264 e. The van der Waals surface area contributed by atoms with E-state index in [2.05, 4.69) is 11.2 Å². The van der Waals surface area contributed by atoms with Crippen molar-refractivity contribution in [2.75, 3.05) is 19.7 Å². The Balaban J connectivity index is 1.46. The Morgan fingerprint density at radius 3 is 3.08 bits per heavy atom. The number of nitrogens with zero attached hydrogens (tertiary/aromatic N) is 3. The van der Waals surface area contributed by atoms with Crippen molar-refractivity contribution < 1.29 is 9.53 Å². The van der Waals surface area contributed by atoms with Crippen LogP contribution in [0.3, 0.4) is 0 Å². The van der Waals surface area contributed by atoms with Gasteiger partial charge in [0.2, 0.25) is 0 Å². The van der Waals surface area contributed by atoms with Gasteiger partial charge in [0, 0.05) is 37.0 Å². The van der Waals surface area contributed by atoms with E-state index in [1.165, 1.54) is 29.7 Å². The first-order valence-electron chi connectivity index (χ1n) is 9.29. The Hall–Kier alpha value is -1.66. The molecular weight excluding hydrogens is 334 g/mol. The molecule has 4 rings (SSSR count). The van der Waals surface area contributed by atoms with Crippen molar-refractivity contribution in [3.63, 3.8) is 0 Å². The predicted octanol–water partition coefficient (Wildman–Crippen LogP) is 3.14. The predicted molar refractivity (Wildman–Crippen MR) is 98.1 cm³/mol. The number of aromatic nitrogens is 2. The van der Waals surface area contributed by atoms with Gasteiger partial charge in [-0.2, -0.15) is 5.10 Å². The van der Waals surface area contributed by atoms with Gasteiger partial charge in [-0.1, -0.05) is 6.42 Å². The van der Waals surface area contributed by atoms with Gasteiger partial charge >= 0.3 is 0 Å². The first-order chi connectivity index (χ1) is 12.3. The highest BCUT2D eigenvalue weighted by molar-refractivity contribution is 7.14. The van der Waals surface area contributed by atoms with Crippen molar-refractivity contribution in [3.8, 4) is 0 Å². The first kappa shape index (κ1) is 16.8. The average Bonchev–Trinajstić information content (AvgIpc) is 3.14. The highest BCUT2D eigenvalue weighted by Crippen LogP contribution is 2.30. The molecule has 1 unspecified atom stereocenters. The van der Waals surface area contributed by atoms with Gasteiger partial charge in [-0.15, -0.1) is 11.3 Å². The zero-order chi connectivity index (χ0) is 17.1. The number of hydrogen-bond donors (Lipinski definition) is 0. The Labute approximate surface area is 152 Å². The number of hydrogen-bond acceptors (Lipinski definition) is 4. The van der Waals surface area contributed by atoms with E-state index in [1.54, 1.807) is 17.5 Å². The second-order valence-electron chi connectivity index (χ2n) is 6.95. The van der Waals surface area contributed by atoms with E-state index in [9.17, 15) is 4.79 Å². The van der Waals surface area contributed by atoms with Crippen molar-refractivity contribution in [1.82, 2.24) is 14.7 Å². The minimum atomic E-state index is 0.00383. The Morgan fingerprint density at radius 1 is 1.28 bits per heavy atom. The van der Waals surface area contributed by atoms with Crippen LogP contribution in [-0.2, 0) is 24.1 Å². The van der Waals surface area contributed by atoms with Crippen molar-refractivity contribution in [3.05, 3.63) is 39.8 Å². The molecule has 3 heterocycles. The molecule has 2 aromatic rings. The minimum Gasteiger partial charge on any atom is -0.374 e. The highest BCUT2D eigenvalue weighted by atomic mass is 32.1. The molecule has 1 saturated heterocycles. The van der Waals surface area contributed by atoms with Crippen LogP contribution in [0.2, 0.25) is 0 Å². The third-order valence-electron chi connectivity index (χ3n) is 5.04. The summed E-state index contributed by atoms with van der Waals surface area (Å²) in [6.07, 6.45) is 10.7. The van der Waals surface area contributed by atoms with Gasteiger partial charge in [-0.25, -0.2) is 0 Å². The summed E-state index contributed by atoms with van der Waals surface area (Å²) in [7, 11) is 0. The fourth-order valence-electron chi connectivity index (χ4n) is 3.74. The number of amides is 1. The fraction of sp³-hybridized carbons (Fsp3) is 0.579. The smallest absolute Gasteiger partial charge is 0.264 e. The lowest BCUT2D eigenvalue weighted by atomic mass is 10.1. The number of rotatable bonds is 3. The molecule has 6 heteroatoms. The molecule has 0 aromatic carbocycles. The molecule has 0 spiro atoms. The molecular formula is C19H25N3O2S. The summed E-state index contributed by atoms with van der Waals surface area (Å²) in [6, 6.07) is 4.07. The van der Waals surface area contributed by atoms with Gasteiger partial charge in [0.15, 0.2) is 0 Å². The normalized spacial score (nSPS) is 21.4. The van der Waals surface area contributed by atoms with E-state index in [0.29, 0.717) is 19.7 Å². The summed E-state index contributed by atoms with van der Waals surface area (Å²) in [4.78, 5) is 17.4. The second-order valence-corrected chi connectivity index (χ2v) is 8.08. The van der Waals surface area contributed by atoms with Crippen LogP contribution in [0.5, 0.6) is 0 Å². The zero-order valence-electron chi connectivity index (χ0n) is 14.5. The number of aryl methyl sites for hydroxylation is 2. The fourth-order valence-corrected chi connectivity index (χ4v) is 4.96. The lowest BCUT2D eigenvalue weighted by Crippen LogP contribution is -2.38. The number of carbonyl (C=O) groups is 1. The number of fused-ring (bicyclic) bond motifs is 1. The monoisotopic (exact) mass is 359 g/mol. The molecule has 0 radical (unpaired) electrons. The Bertz CT molecular complexity index is 687. The van der Waals surface area contributed by atoms with Gasteiger partial charge in [0.25, 0.3) is 5.91 Å². The van der Waals surface area contributed by atoms with E-state index in [4.69, 9.17) is 4.74 Å². The summed E-state index contributed by atoms with van der Waals surface area (Å²) in [6.45, 7) is 2.81. The third kappa shape index (κ3) is 3.96. The van der Waals surface area contributed by atoms with E-state index in [0.717, 1.165) is 30.7 Å².